The van der Waals surface area contributed by atoms with E-state index in [-0.39, 0.29) is 18.6 Å². The summed E-state index contributed by atoms with van der Waals surface area (Å²) in [5.41, 5.74) is 0.624. The Hall–Kier alpha value is -2.73. The fraction of sp³-hybridized carbons (Fsp3) is 0.500. The molecule has 1 N–H and O–H groups in total. The molecule has 2 atom stereocenters. The maximum absolute atomic E-state index is 13.8. The van der Waals surface area contributed by atoms with Crippen molar-refractivity contribution in [3.63, 3.8) is 0 Å². The molecule has 0 radical (unpaired) electrons. The van der Waals surface area contributed by atoms with Crippen molar-refractivity contribution in [2.45, 2.75) is 56.1 Å². The van der Waals surface area contributed by atoms with E-state index in [1.165, 1.54) is 6.42 Å². The fourth-order valence-electron chi connectivity index (χ4n) is 5.14. The van der Waals surface area contributed by atoms with Gasteiger partial charge in [0.1, 0.15) is 18.0 Å². The first-order chi connectivity index (χ1) is 15.6. The number of hydrogen-bond donors (Lipinski definition) is 1. The summed E-state index contributed by atoms with van der Waals surface area (Å²) in [5, 5.41) is 10.9. The molecule has 2 fully saturated rings. The fourth-order valence-corrected chi connectivity index (χ4v) is 5.14. The average molecular weight is 440 g/mol. The van der Waals surface area contributed by atoms with Crippen LogP contribution in [0, 0.1) is 0 Å². The third-order valence-electron chi connectivity index (χ3n) is 6.89. The number of likely N-dealkylation sites (tertiary alicyclic amines) is 1. The SMILES string of the molecule is COc1ccc(O[C@@H]2CCN(C(=O)C3(c4ccccc4)CCCCC3)C[C@H]2O)cc1OC. The monoisotopic (exact) mass is 439 g/mol. The van der Waals surface area contributed by atoms with E-state index in [2.05, 4.69) is 12.1 Å². The van der Waals surface area contributed by atoms with Gasteiger partial charge in [-0.25, -0.2) is 0 Å². The normalized spacial score (nSPS) is 22.8. The van der Waals surface area contributed by atoms with Crippen LogP contribution in [0.1, 0.15) is 44.1 Å². The van der Waals surface area contributed by atoms with Gasteiger partial charge in [0.05, 0.1) is 26.2 Å². The predicted molar refractivity (Wildman–Crippen MR) is 122 cm³/mol. The standard InChI is InChI=1S/C26H33NO5/c1-30-23-12-11-20(17-24(23)31-2)32-22-13-16-27(18-21(22)28)25(29)26(14-7-4-8-15-26)19-9-5-3-6-10-19/h3,5-6,9-12,17,21-22,28H,4,7-8,13-16,18H2,1-2H3/t21-,22-/m1/s1. The maximum atomic E-state index is 13.8. The zero-order valence-corrected chi connectivity index (χ0v) is 19.0. The number of methoxy groups -OCH3 is 2. The molecule has 1 amide bonds. The molecular formula is C26H33NO5. The molecule has 0 aromatic heterocycles. The van der Waals surface area contributed by atoms with Crippen molar-refractivity contribution in [3.05, 3.63) is 54.1 Å². The number of carbonyl (C=O) groups is 1. The second-order valence-corrected chi connectivity index (χ2v) is 8.79. The van der Waals surface area contributed by atoms with Gasteiger partial charge in [0.25, 0.3) is 0 Å². The number of rotatable bonds is 6. The molecule has 0 spiro atoms. The van der Waals surface area contributed by atoms with Crippen molar-refractivity contribution < 1.29 is 24.1 Å². The Kier molecular flexibility index (Phi) is 6.89. The van der Waals surface area contributed by atoms with E-state index >= 15 is 0 Å². The summed E-state index contributed by atoms with van der Waals surface area (Å²) in [4.78, 5) is 15.6. The Bertz CT molecular complexity index is 910. The summed E-state index contributed by atoms with van der Waals surface area (Å²) in [6, 6.07) is 15.5. The zero-order valence-electron chi connectivity index (χ0n) is 19.0. The van der Waals surface area contributed by atoms with E-state index in [1.54, 1.807) is 32.4 Å². The molecule has 1 saturated carbocycles. The summed E-state index contributed by atoms with van der Waals surface area (Å²) in [6.07, 6.45) is 4.47. The summed E-state index contributed by atoms with van der Waals surface area (Å²) in [7, 11) is 3.16. The first-order valence-electron chi connectivity index (χ1n) is 11.5. The van der Waals surface area contributed by atoms with Crippen LogP contribution in [0.15, 0.2) is 48.5 Å². The molecule has 32 heavy (non-hydrogen) atoms. The van der Waals surface area contributed by atoms with E-state index in [4.69, 9.17) is 14.2 Å². The van der Waals surface area contributed by atoms with Crippen LogP contribution in [0.3, 0.4) is 0 Å². The molecule has 1 heterocycles. The highest BCUT2D eigenvalue weighted by Gasteiger charge is 2.45. The molecule has 172 valence electrons. The van der Waals surface area contributed by atoms with Gasteiger partial charge in [-0.1, -0.05) is 49.6 Å². The molecule has 1 saturated heterocycles. The first-order valence-corrected chi connectivity index (χ1v) is 11.5. The summed E-state index contributed by atoms with van der Waals surface area (Å²) in [6.45, 7) is 0.855. The minimum Gasteiger partial charge on any atom is -0.493 e. The quantitative estimate of drug-likeness (QED) is 0.738. The van der Waals surface area contributed by atoms with Gasteiger partial charge >= 0.3 is 0 Å². The largest absolute Gasteiger partial charge is 0.493 e. The van der Waals surface area contributed by atoms with Gasteiger partial charge in [0.2, 0.25) is 5.91 Å². The van der Waals surface area contributed by atoms with Crippen LogP contribution in [-0.4, -0.2) is 55.4 Å². The van der Waals surface area contributed by atoms with Crippen molar-refractivity contribution >= 4 is 5.91 Å². The minimum absolute atomic E-state index is 0.145. The molecule has 6 heteroatoms. The minimum atomic E-state index is -0.753. The van der Waals surface area contributed by atoms with E-state index in [0.717, 1.165) is 31.2 Å². The zero-order chi connectivity index (χ0) is 22.6. The number of aliphatic hydroxyl groups excluding tert-OH is 1. The Morgan fingerprint density at radius 2 is 1.72 bits per heavy atom. The number of amides is 1. The van der Waals surface area contributed by atoms with E-state index in [9.17, 15) is 9.90 Å². The molecule has 0 unspecified atom stereocenters. The number of β-amino-alcohol motifs (C(OH)–C–C–N with tert-alkyl or cyclic N) is 1. The summed E-state index contributed by atoms with van der Waals surface area (Å²) in [5.74, 6) is 1.96. The molecular weight excluding hydrogens is 406 g/mol. The van der Waals surface area contributed by atoms with E-state index in [1.807, 2.05) is 23.1 Å². The molecule has 1 aliphatic carbocycles. The van der Waals surface area contributed by atoms with Crippen molar-refractivity contribution in [2.75, 3.05) is 27.3 Å². The molecule has 0 bridgehead atoms. The Balaban J connectivity index is 1.46. The molecule has 1 aliphatic heterocycles. The highest BCUT2D eigenvalue weighted by molar-refractivity contribution is 5.88. The third-order valence-corrected chi connectivity index (χ3v) is 6.89. The number of carbonyl (C=O) groups excluding carboxylic acids is 1. The van der Waals surface area contributed by atoms with Gasteiger partial charge < -0.3 is 24.2 Å². The topological polar surface area (TPSA) is 68.2 Å². The lowest BCUT2D eigenvalue weighted by molar-refractivity contribution is -0.144. The van der Waals surface area contributed by atoms with Crippen molar-refractivity contribution in [3.8, 4) is 17.2 Å². The molecule has 4 rings (SSSR count). The lowest BCUT2D eigenvalue weighted by Gasteiger charge is -2.43. The predicted octanol–water partition coefficient (Wildman–Crippen LogP) is 3.95. The van der Waals surface area contributed by atoms with E-state index < -0.39 is 11.5 Å². The number of aliphatic hydroxyl groups is 1. The van der Waals surface area contributed by atoms with Gasteiger partial charge in [0.15, 0.2) is 11.5 Å². The summed E-state index contributed by atoms with van der Waals surface area (Å²) >= 11 is 0. The van der Waals surface area contributed by atoms with Crippen LogP contribution in [0.4, 0.5) is 0 Å². The third kappa shape index (κ3) is 4.42. The van der Waals surface area contributed by atoms with Crippen molar-refractivity contribution in [1.82, 2.24) is 4.90 Å². The number of piperidine rings is 1. The van der Waals surface area contributed by atoms with Gasteiger partial charge in [-0.15, -0.1) is 0 Å². The lowest BCUT2D eigenvalue weighted by atomic mass is 9.68. The van der Waals surface area contributed by atoms with Gasteiger partial charge in [-0.2, -0.15) is 0 Å². The van der Waals surface area contributed by atoms with Gasteiger partial charge in [-0.3, -0.25) is 4.79 Å². The van der Waals surface area contributed by atoms with Crippen LogP contribution in [0.2, 0.25) is 0 Å². The van der Waals surface area contributed by atoms with Gasteiger partial charge in [0, 0.05) is 19.0 Å². The van der Waals surface area contributed by atoms with E-state index in [0.29, 0.717) is 30.2 Å². The molecule has 6 nitrogen and oxygen atoms in total. The number of benzene rings is 2. The van der Waals surface area contributed by atoms with Crippen LogP contribution >= 0.6 is 0 Å². The second-order valence-electron chi connectivity index (χ2n) is 8.79. The van der Waals surface area contributed by atoms with Crippen LogP contribution in [0.5, 0.6) is 17.2 Å². The Labute approximate surface area is 190 Å². The lowest BCUT2D eigenvalue weighted by Crippen LogP contribution is -2.56. The van der Waals surface area contributed by atoms with Crippen LogP contribution < -0.4 is 14.2 Å². The van der Waals surface area contributed by atoms with Crippen molar-refractivity contribution in [2.24, 2.45) is 0 Å². The average Bonchev–Trinajstić information content (AvgIpc) is 2.85. The van der Waals surface area contributed by atoms with Gasteiger partial charge in [-0.05, 0) is 30.5 Å². The van der Waals surface area contributed by atoms with Crippen LogP contribution in [0.25, 0.3) is 0 Å². The van der Waals surface area contributed by atoms with Crippen LogP contribution in [-0.2, 0) is 10.2 Å². The molecule has 2 aliphatic rings. The molecule has 2 aromatic rings. The number of hydrogen-bond acceptors (Lipinski definition) is 5. The number of nitrogens with zero attached hydrogens (tertiary/aromatic N) is 1. The van der Waals surface area contributed by atoms with Crippen molar-refractivity contribution in [1.29, 1.82) is 0 Å². The second kappa shape index (κ2) is 9.82. The Morgan fingerprint density at radius 1 is 1.00 bits per heavy atom. The molecule has 2 aromatic carbocycles. The highest BCUT2D eigenvalue weighted by atomic mass is 16.5. The summed E-state index contributed by atoms with van der Waals surface area (Å²) < 4.78 is 16.7. The first kappa shape index (κ1) is 22.5. The highest BCUT2D eigenvalue weighted by Crippen LogP contribution is 2.41. The maximum Gasteiger partial charge on any atom is 0.233 e. The number of ether oxygens (including phenoxy) is 3. The smallest absolute Gasteiger partial charge is 0.233 e. The Morgan fingerprint density at radius 3 is 2.38 bits per heavy atom.